The topological polar surface area (TPSA) is 67.8 Å². The van der Waals surface area contributed by atoms with Crippen LogP contribution in [0.5, 0.6) is 5.75 Å². The molecule has 1 aromatic carbocycles. The summed E-state index contributed by atoms with van der Waals surface area (Å²) in [4.78, 5) is 11.0. The third-order valence-electron chi connectivity index (χ3n) is 3.81. The van der Waals surface area contributed by atoms with Crippen LogP contribution < -0.4 is 10.1 Å². The molecule has 2 unspecified atom stereocenters. The molecule has 5 heteroatoms. The Morgan fingerprint density at radius 2 is 2.29 bits per heavy atom. The Kier molecular flexibility index (Phi) is 6.02. The molecule has 1 aliphatic rings. The molecule has 2 N–H and O–H groups in total. The van der Waals surface area contributed by atoms with Gasteiger partial charge in [0.05, 0.1) is 6.10 Å². The number of carboxylic acids is 1. The van der Waals surface area contributed by atoms with Gasteiger partial charge in [0.1, 0.15) is 17.9 Å². The number of aromatic carboxylic acids is 1. The van der Waals surface area contributed by atoms with Gasteiger partial charge in [-0.05, 0) is 30.9 Å². The molecule has 0 aliphatic carbocycles. The van der Waals surface area contributed by atoms with Gasteiger partial charge in [0, 0.05) is 19.7 Å². The largest absolute Gasteiger partial charge is 0.491 e. The number of hydrogen-bond acceptors (Lipinski definition) is 4. The standard InChI is InChI=1S/C16H23NO4/c1-2-14-12(7-9-20-14)11-17-8-10-21-15-6-4-3-5-13(15)16(18)19/h3-6,12,14,17H,2,7-11H2,1H3,(H,18,19). The van der Waals surface area contributed by atoms with E-state index in [1.807, 2.05) is 0 Å². The Balaban J connectivity index is 1.69. The third kappa shape index (κ3) is 4.44. The highest BCUT2D eigenvalue weighted by molar-refractivity contribution is 5.90. The zero-order chi connectivity index (χ0) is 15.1. The Bertz CT molecular complexity index is 463. The van der Waals surface area contributed by atoms with Gasteiger partial charge in [0.15, 0.2) is 0 Å². The second kappa shape index (κ2) is 8.00. The molecule has 0 amide bonds. The van der Waals surface area contributed by atoms with Crippen LogP contribution in [0.4, 0.5) is 0 Å². The second-order valence-electron chi connectivity index (χ2n) is 5.22. The Labute approximate surface area is 125 Å². The molecule has 0 radical (unpaired) electrons. The number of carboxylic acid groups (broad SMARTS) is 1. The van der Waals surface area contributed by atoms with E-state index >= 15 is 0 Å². The molecule has 0 bridgehead atoms. The lowest BCUT2D eigenvalue weighted by Gasteiger charge is -2.17. The van der Waals surface area contributed by atoms with Gasteiger partial charge < -0.3 is 19.9 Å². The maximum atomic E-state index is 11.0. The number of para-hydroxylation sites is 1. The van der Waals surface area contributed by atoms with E-state index in [-0.39, 0.29) is 5.56 Å². The predicted molar refractivity (Wildman–Crippen MR) is 79.9 cm³/mol. The Morgan fingerprint density at radius 3 is 3.05 bits per heavy atom. The molecule has 1 aromatic rings. The summed E-state index contributed by atoms with van der Waals surface area (Å²) in [7, 11) is 0. The SMILES string of the molecule is CCC1OCCC1CNCCOc1ccccc1C(=O)O. The van der Waals surface area contributed by atoms with Gasteiger partial charge in [-0.15, -0.1) is 0 Å². The molecule has 5 nitrogen and oxygen atoms in total. The first-order chi connectivity index (χ1) is 10.2. The fraction of sp³-hybridized carbons (Fsp3) is 0.562. The van der Waals surface area contributed by atoms with Crippen LogP contribution in [0.25, 0.3) is 0 Å². The molecule has 2 atom stereocenters. The van der Waals surface area contributed by atoms with E-state index in [9.17, 15) is 4.79 Å². The minimum atomic E-state index is -0.965. The maximum absolute atomic E-state index is 11.0. The van der Waals surface area contributed by atoms with Crippen molar-refractivity contribution < 1.29 is 19.4 Å². The van der Waals surface area contributed by atoms with E-state index in [2.05, 4.69) is 12.2 Å². The van der Waals surface area contributed by atoms with Crippen LogP contribution in [-0.2, 0) is 4.74 Å². The zero-order valence-corrected chi connectivity index (χ0v) is 12.4. The number of hydrogen-bond donors (Lipinski definition) is 2. The van der Waals surface area contributed by atoms with Crippen LogP contribution in [0, 0.1) is 5.92 Å². The van der Waals surface area contributed by atoms with Gasteiger partial charge in [-0.3, -0.25) is 0 Å². The molecule has 1 aliphatic heterocycles. The van der Waals surface area contributed by atoms with Crippen LogP contribution in [0.2, 0.25) is 0 Å². The Morgan fingerprint density at radius 1 is 1.48 bits per heavy atom. The molecular weight excluding hydrogens is 270 g/mol. The molecule has 116 valence electrons. The van der Waals surface area contributed by atoms with Crippen molar-refractivity contribution in [3.63, 3.8) is 0 Å². The molecule has 0 aromatic heterocycles. The monoisotopic (exact) mass is 293 g/mol. The molecule has 0 saturated carbocycles. The molecule has 1 saturated heterocycles. The summed E-state index contributed by atoms with van der Waals surface area (Å²) in [5.74, 6) is 0.0243. The quantitative estimate of drug-likeness (QED) is 0.719. The van der Waals surface area contributed by atoms with Crippen molar-refractivity contribution in [3.8, 4) is 5.75 Å². The molecule has 0 spiro atoms. The van der Waals surface area contributed by atoms with Crippen molar-refractivity contribution in [2.24, 2.45) is 5.92 Å². The van der Waals surface area contributed by atoms with Gasteiger partial charge in [0.25, 0.3) is 0 Å². The normalized spacial score (nSPS) is 21.4. The molecule has 1 fully saturated rings. The lowest BCUT2D eigenvalue weighted by molar-refractivity contribution is 0.0692. The number of rotatable bonds is 8. The maximum Gasteiger partial charge on any atom is 0.339 e. The zero-order valence-electron chi connectivity index (χ0n) is 12.4. The van der Waals surface area contributed by atoms with Crippen molar-refractivity contribution in [1.29, 1.82) is 0 Å². The van der Waals surface area contributed by atoms with Crippen LogP contribution in [0.3, 0.4) is 0 Å². The van der Waals surface area contributed by atoms with Gasteiger partial charge in [-0.2, -0.15) is 0 Å². The Hall–Kier alpha value is -1.59. The summed E-state index contributed by atoms with van der Waals surface area (Å²) in [6, 6.07) is 6.70. The first-order valence-electron chi connectivity index (χ1n) is 7.49. The summed E-state index contributed by atoms with van der Waals surface area (Å²) >= 11 is 0. The number of benzene rings is 1. The summed E-state index contributed by atoms with van der Waals surface area (Å²) in [5.41, 5.74) is 0.202. The van der Waals surface area contributed by atoms with Crippen LogP contribution in [-0.4, -0.2) is 43.5 Å². The average molecular weight is 293 g/mol. The minimum absolute atomic E-state index is 0.202. The first-order valence-corrected chi connectivity index (χ1v) is 7.49. The van der Waals surface area contributed by atoms with Gasteiger partial charge in [0.2, 0.25) is 0 Å². The van der Waals surface area contributed by atoms with Crippen LogP contribution in [0.15, 0.2) is 24.3 Å². The molecule has 1 heterocycles. The minimum Gasteiger partial charge on any atom is -0.491 e. The first kappa shape index (κ1) is 15.8. The summed E-state index contributed by atoms with van der Waals surface area (Å²) < 4.78 is 11.2. The van der Waals surface area contributed by atoms with Crippen molar-refractivity contribution in [2.45, 2.75) is 25.9 Å². The predicted octanol–water partition coefficient (Wildman–Crippen LogP) is 2.17. The van der Waals surface area contributed by atoms with Gasteiger partial charge in [-0.25, -0.2) is 4.79 Å². The lowest BCUT2D eigenvalue weighted by atomic mass is 10.00. The number of nitrogens with one attached hydrogen (secondary N) is 1. The van der Waals surface area contributed by atoms with Crippen molar-refractivity contribution >= 4 is 5.97 Å². The van der Waals surface area contributed by atoms with Crippen LogP contribution >= 0.6 is 0 Å². The average Bonchev–Trinajstić information content (AvgIpc) is 2.94. The van der Waals surface area contributed by atoms with E-state index in [0.717, 1.165) is 26.0 Å². The number of carbonyl (C=O) groups is 1. The fourth-order valence-electron chi connectivity index (χ4n) is 2.67. The molecule has 21 heavy (non-hydrogen) atoms. The summed E-state index contributed by atoms with van der Waals surface area (Å²) in [5, 5.41) is 12.4. The smallest absolute Gasteiger partial charge is 0.339 e. The van der Waals surface area contributed by atoms with Crippen LogP contribution in [0.1, 0.15) is 30.1 Å². The third-order valence-corrected chi connectivity index (χ3v) is 3.81. The van der Waals surface area contributed by atoms with E-state index in [1.165, 1.54) is 0 Å². The highest BCUT2D eigenvalue weighted by Gasteiger charge is 2.25. The summed E-state index contributed by atoms with van der Waals surface area (Å²) in [6.07, 6.45) is 2.52. The summed E-state index contributed by atoms with van der Waals surface area (Å²) in [6.45, 7) is 5.07. The lowest BCUT2D eigenvalue weighted by Crippen LogP contribution is -2.31. The van der Waals surface area contributed by atoms with Crippen molar-refractivity contribution in [3.05, 3.63) is 29.8 Å². The molecular formula is C16H23NO4. The van der Waals surface area contributed by atoms with Gasteiger partial charge >= 0.3 is 5.97 Å². The number of ether oxygens (including phenoxy) is 2. The second-order valence-corrected chi connectivity index (χ2v) is 5.22. The van der Waals surface area contributed by atoms with Gasteiger partial charge in [-0.1, -0.05) is 19.1 Å². The molecule has 2 rings (SSSR count). The van der Waals surface area contributed by atoms with Crippen molar-refractivity contribution in [1.82, 2.24) is 5.32 Å². The van der Waals surface area contributed by atoms with E-state index < -0.39 is 5.97 Å². The van der Waals surface area contributed by atoms with Crippen molar-refractivity contribution in [2.75, 3.05) is 26.3 Å². The van der Waals surface area contributed by atoms with E-state index in [0.29, 0.717) is 30.9 Å². The highest BCUT2D eigenvalue weighted by atomic mass is 16.5. The fourth-order valence-corrected chi connectivity index (χ4v) is 2.67. The van der Waals surface area contributed by atoms with E-state index in [4.69, 9.17) is 14.6 Å². The van der Waals surface area contributed by atoms with E-state index in [1.54, 1.807) is 24.3 Å². The highest BCUT2D eigenvalue weighted by Crippen LogP contribution is 2.22.